The lowest BCUT2D eigenvalue weighted by atomic mass is 10.1. The van der Waals surface area contributed by atoms with Gasteiger partial charge >= 0.3 is 5.69 Å². The van der Waals surface area contributed by atoms with Crippen LogP contribution in [0.25, 0.3) is 22.0 Å². The minimum atomic E-state index is -0.113. The first-order chi connectivity index (χ1) is 17.5. The van der Waals surface area contributed by atoms with Gasteiger partial charge in [0.05, 0.1) is 50.6 Å². The molecule has 3 aromatic carbocycles. The molecule has 0 saturated heterocycles. The Morgan fingerprint density at radius 1 is 0.889 bits per heavy atom. The quantitative estimate of drug-likeness (QED) is 0.286. The average molecular weight is 488 g/mol. The molecule has 2 heterocycles. The first kappa shape index (κ1) is 23.5. The van der Waals surface area contributed by atoms with Gasteiger partial charge in [-0.15, -0.1) is 0 Å². The molecule has 8 nitrogen and oxygen atoms in total. The monoisotopic (exact) mass is 487 g/mol. The zero-order valence-corrected chi connectivity index (χ0v) is 20.9. The van der Waals surface area contributed by atoms with E-state index >= 15 is 0 Å². The molecule has 0 saturated carbocycles. The van der Waals surface area contributed by atoms with Crippen molar-refractivity contribution in [1.29, 1.82) is 0 Å². The van der Waals surface area contributed by atoms with Crippen LogP contribution in [-0.4, -0.2) is 35.1 Å². The third-order valence-electron chi connectivity index (χ3n) is 6.29. The van der Waals surface area contributed by atoms with E-state index in [1.54, 1.807) is 23.4 Å². The Morgan fingerprint density at radius 3 is 2.33 bits per heavy atom. The summed E-state index contributed by atoms with van der Waals surface area (Å²) in [6, 6.07) is 17.4. The number of hydrogen-bond donors (Lipinski definition) is 0. The van der Waals surface area contributed by atoms with Crippen LogP contribution >= 0.6 is 0 Å². The van der Waals surface area contributed by atoms with Crippen molar-refractivity contribution >= 4 is 22.0 Å². The maximum Gasteiger partial charge on any atom is 0.329 e. The lowest BCUT2D eigenvalue weighted by Crippen LogP contribution is -2.25. The van der Waals surface area contributed by atoms with Gasteiger partial charge in [0.2, 0.25) is 0 Å². The van der Waals surface area contributed by atoms with Gasteiger partial charge in [-0.25, -0.2) is 4.79 Å². The lowest BCUT2D eigenvalue weighted by Gasteiger charge is -2.10. The number of benzene rings is 3. The van der Waals surface area contributed by atoms with Gasteiger partial charge in [0.25, 0.3) is 0 Å². The molecule has 8 heteroatoms. The van der Waals surface area contributed by atoms with Crippen molar-refractivity contribution in [3.63, 3.8) is 0 Å². The lowest BCUT2D eigenvalue weighted by molar-refractivity contribution is 0.317. The fraction of sp³-hybridized carbons (Fsp3) is 0.286. The number of aryl methyl sites for hydroxylation is 1. The normalized spacial score (nSPS) is 11.3. The average Bonchev–Trinajstić information content (AvgIpc) is 3.38. The Balaban J connectivity index is 1.62. The molecular weight excluding hydrogens is 458 g/mol. The molecule has 0 spiro atoms. The molecule has 0 unspecified atom stereocenters. The van der Waals surface area contributed by atoms with Crippen LogP contribution in [-0.2, 0) is 13.1 Å². The van der Waals surface area contributed by atoms with Crippen molar-refractivity contribution in [1.82, 2.24) is 14.3 Å². The summed E-state index contributed by atoms with van der Waals surface area (Å²) in [7, 11) is 3.20. The van der Waals surface area contributed by atoms with Crippen LogP contribution in [0.2, 0.25) is 0 Å². The predicted octanol–water partition coefficient (Wildman–Crippen LogP) is 5.16. The van der Waals surface area contributed by atoms with Crippen molar-refractivity contribution in [3.05, 3.63) is 81.9 Å². The summed E-state index contributed by atoms with van der Waals surface area (Å²) in [6.07, 6.45) is 0.932. The molecule has 36 heavy (non-hydrogen) atoms. The largest absolute Gasteiger partial charge is 0.494 e. The molecule has 0 fully saturated rings. The van der Waals surface area contributed by atoms with Crippen molar-refractivity contribution < 1.29 is 18.7 Å². The van der Waals surface area contributed by atoms with E-state index in [1.165, 1.54) is 0 Å². The van der Waals surface area contributed by atoms with E-state index < -0.39 is 0 Å². The first-order valence-electron chi connectivity index (χ1n) is 11.9. The highest BCUT2D eigenvalue weighted by atomic mass is 16.5. The van der Waals surface area contributed by atoms with Crippen LogP contribution in [0, 0.1) is 6.92 Å². The Kier molecular flexibility index (Phi) is 6.41. The van der Waals surface area contributed by atoms with Gasteiger partial charge in [0.15, 0.2) is 17.1 Å². The number of aromatic nitrogens is 3. The molecule has 0 aliphatic rings. The van der Waals surface area contributed by atoms with Crippen molar-refractivity contribution in [2.24, 2.45) is 0 Å². The molecular formula is C28H29N3O5. The van der Waals surface area contributed by atoms with E-state index in [4.69, 9.17) is 18.7 Å². The minimum absolute atomic E-state index is 0.113. The third-order valence-corrected chi connectivity index (χ3v) is 6.29. The highest BCUT2D eigenvalue weighted by Crippen LogP contribution is 2.29. The maximum atomic E-state index is 13.8. The smallest absolute Gasteiger partial charge is 0.329 e. The summed E-state index contributed by atoms with van der Waals surface area (Å²) in [6.45, 7) is 5.40. The molecule has 0 aliphatic heterocycles. The van der Waals surface area contributed by atoms with E-state index in [2.05, 4.69) is 12.1 Å². The van der Waals surface area contributed by atoms with Gasteiger partial charge in [-0.1, -0.05) is 30.3 Å². The van der Waals surface area contributed by atoms with Crippen molar-refractivity contribution in [3.8, 4) is 17.2 Å². The Labute approximate surface area is 208 Å². The number of ether oxygens (including phenoxy) is 3. The maximum absolute atomic E-state index is 13.8. The Bertz CT molecular complexity index is 1590. The second kappa shape index (κ2) is 9.81. The highest BCUT2D eigenvalue weighted by molar-refractivity contribution is 5.93. The molecule has 0 amide bonds. The zero-order chi connectivity index (χ0) is 25.2. The standard InChI is InChI=1S/C28H29N3O5/c1-5-11-35-21-8-6-7-19(12-21)16-30-23-14-22-18(2)29-36-26(22)15-24(23)31(28(30)32)17-20-9-10-25(33-3)27(13-20)34-4/h6-10,12-15H,5,11,16-17H2,1-4H3. The number of imidazole rings is 1. The molecule has 5 aromatic rings. The third kappa shape index (κ3) is 4.30. The van der Waals surface area contributed by atoms with Gasteiger partial charge in [0, 0.05) is 11.5 Å². The number of hydrogen-bond acceptors (Lipinski definition) is 6. The van der Waals surface area contributed by atoms with Crippen LogP contribution in [0.1, 0.15) is 30.2 Å². The van der Waals surface area contributed by atoms with Gasteiger partial charge in [-0.3, -0.25) is 9.13 Å². The molecule has 0 N–H and O–H groups in total. The van der Waals surface area contributed by atoms with Gasteiger partial charge in [-0.2, -0.15) is 0 Å². The van der Waals surface area contributed by atoms with Crippen LogP contribution in [0.4, 0.5) is 0 Å². The van der Waals surface area contributed by atoms with Crippen LogP contribution in [0.3, 0.4) is 0 Å². The van der Waals surface area contributed by atoms with Crippen molar-refractivity contribution in [2.45, 2.75) is 33.4 Å². The van der Waals surface area contributed by atoms with Crippen LogP contribution in [0.15, 0.2) is 63.9 Å². The molecule has 0 atom stereocenters. The molecule has 0 bridgehead atoms. The van der Waals surface area contributed by atoms with Crippen LogP contribution in [0.5, 0.6) is 17.2 Å². The number of rotatable bonds is 9. The second-order valence-electron chi connectivity index (χ2n) is 8.75. The predicted molar refractivity (Wildman–Crippen MR) is 138 cm³/mol. The number of fused-ring (bicyclic) bond motifs is 2. The highest BCUT2D eigenvalue weighted by Gasteiger charge is 2.18. The summed E-state index contributed by atoms with van der Waals surface area (Å²) >= 11 is 0. The number of nitrogens with zero attached hydrogens (tertiary/aromatic N) is 3. The minimum Gasteiger partial charge on any atom is -0.494 e. The van der Waals surface area contributed by atoms with Gasteiger partial charge < -0.3 is 18.7 Å². The first-order valence-corrected chi connectivity index (χ1v) is 11.9. The van der Waals surface area contributed by atoms with Gasteiger partial charge in [-0.05, 0) is 54.8 Å². The zero-order valence-electron chi connectivity index (χ0n) is 20.9. The fourth-order valence-electron chi connectivity index (χ4n) is 4.47. The van der Waals surface area contributed by atoms with E-state index in [0.717, 1.165) is 45.4 Å². The molecule has 0 radical (unpaired) electrons. The van der Waals surface area contributed by atoms with Crippen LogP contribution < -0.4 is 19.9 Å². The van der Waals surface area contributed by atoms with Gasteiger partial charge in [0.1, 0.15) is 5.75 Å². The summed E-state index contributed by atoms with van der Waals surface area (Å²) in [5.41, 5.74) is 4.81. The fourth-order valence-corrected chi connectivity index (χ4v) is 4.47. The molecule has 0 aliphatic carbocycles. The van der Waals surface area contributed by atoms with E-state index in [-0.39, 0.29) is 5.69 Å². The topological polar surface area (TPSA) is 80.7 Å². The molecule has 186 valence electrons. The van der Waals surface area contributed by atoms with E-state index in [0.29, 0.717) is 36.8 Å². The second-order valence-corrected chi connectivity index (χ2v) is 8.75. The van der Waals surface area contributed by atoms with E-state index in [9.17, 15) is 4.79 Å². The Hall–Kier alpha value is -4.20. The van der Waals surface area contributed by atoms with Crippen molar-refractivity contribution in [2.75, 3.05) is 20.8 Å². The summed E-state index contributed by atoms with van der Waals surface area (Å²) in [5, 5.41) is 5.00. The summed E-state index contributed by atoms with van der Waals surface area (Å²) in [5.74, 6) is 2.05. The SMILES string of the molecule is CCCOc1cccc(Cn2c(=O)n(Cc3ccc(OC)c(OC)c3)c3cc4onc(C)c4cc32)c1. The summed E-state index contributed by atoms with van der Waals surface area (Å²) in [4.78, 5) is 13.8. The van der Waals surface area contributed by atoms with E-state index in [1.807, 2.05) is 61.5 Å². The molecule has 5 rings (SSSR count). The summed E-state index contributed by atoms with van der Waals surface area (Å²) < 4.78 is 25.7. The number of methoxy groups -OCH3 is 2. The Morgan fingerprint density at radius 2 is 1.61 bits per heavy atom. The molecule has 2 aromatic heterocycles.